The van der Waals surface area contributed by atoms with Gasteiger partial charge in [0, 0.05) is 0 Å². The van der Waals surface area contributed by atoms with Crippen molar-refractivity contribution in [2.75, 3.05) is 0 Å². The van der Waals surface area contributed by atoms with Gasteiger partial charge in [0.05, 0.1) is 17.5 Å². The first-order chi connectivity index (χ1) is 6.95. The van der Waals surface area contributed by atoms with Gasteiger partial charge in [-0.15, -0.1) is 10.2 Å². The highest BCUT2D eigenvalue weighted by Crippen LogP contribution is 2.17. The lowest BCUT2D eigenvalue weighted by atomic mass is 10.2. The van der Waals surface area contributed by atoms with Crippen molar-refractivity contribution in [3.8, 4) is 5.69 Å². The molecule has 0 saturated heterocycles. The maximum atomic E-state index is 4.24. The van der Waals surface area contributed by atoms with E-state index in [1.54, 1.807) is 19.0 Å². The Hall–Kier alpha value is -2.17. The zero-order valence-electron chi connectivity index (χ0n) is 7.25. The van der Waals surface area contributed by atoms with Gasteiger partial charge in [-0.2, -0.15) is 0 Å². The van der Waals surface area contributed by atoms with E-state index >= 15 is 0 Å². The van der Waals surface area contributed by atoms with Crippen LogP contribution in [0.5, 0.6) is 0 Å². The molecule has 68 valence electrons. The highest BCUT2D eigenvalue weighted by molar-refractivity contribution is 5.83. The summed E-state index contributed by atoms with van der Waals surface area (Å²) in [5.41, 5.74) is 2.91. The Morgan fingerprint density at radius 3 is 2.86 bits per heavy atom. The average molecular weight is 185 g/mol. The smallest absolute Gasteiger partial charge is 0.123 e. The van der Waals surface area contributed by atoms with Crippen LogP contribution in [0.3, 0.4) is 0 Å². The minimum absolute atomic E-state index is 0.923. The number of H-pyrrole nitrogens is 1. The van der Waals surface area contributed by atoms with Crippen molar-refractivity contribution in [1.82, 2.24) is 24.7 Å². The number of imidazole rings is 1. The van der Waals surface area contributed by atoms with E-state index < -0.39 is 0 Å². The standard InChI is InChI=1S/C9H7N5/c1-2-7-9(11-4-10-7)8(3-1)14-5-12-13-6-14/h1-6H,(H,10,11). The maximum absolute atomic E-state index is 4.24. The van der Waals surface area contributed by atoms with Gasteiger partial charge in [0.2, 0.25) is 0 Å². The van der Waals surface area contributed by atoms with Crippen LogP contribution in [0.25, 0.3) is 16.7 Å². The van der Waals surface area contributed by atoms with Crippen molar-refractivity contribution in [2.45, 2.75) is 0 Å². The van der Waals surface area contributed by atoms with E-state index in [-0.39, 0.29) is 0 Å². The summed E-state index contributed by atoms with van der Waals surface area (Å²) in [6.45, 7) is 0. The molecule has 2 heterocycles. The SMILES string of the molecule is c1cc(-n2cnnc2)c2nc[nH]c2c1. The first kappa shape index (κ1) is 7.25. The number of hydrogen-bond donors (Lipinski definition) is 1. The summed E-state index contributed by atoms with van der Waals surface area (Å²) in [4.78, 5) is 7.30. The number of nitrogens with one attached hydrogen (secondary N) is 1. The number of fused-ring (bicyclic) bond motifs is 1. The predicted molar refractivity (Wildman–Crippen MR) is 51.0 cm³/mol. The number of benzene rings is 1. The highest BCUT2D eigenvalue weighted by Gasteiger charge is 2.03. The molecule has 5 heteroatoms. The molecule has 2 aromatic heterocycles. The van der Waals surface area contributed by atoms with E-state index in [4.69, 9.17) is 0 Å². The van der Waals surface area contributed by atoms with Gasteiger partial charge < -0.3 is 4.98 Å². The first-order valence-electron chi connectivity index (χ1n) is 4.22. The molecule has 0 aliphatic rings. The minimum Gasteiger partial charge on any atom is -0.345 e. The van der Waals surface area contributed by atoms with E-state index in [1.807, 2.05) is 22.8 Å². The van der Waals surface area contributed by atoms with Crippen LogP contribution in [-0.2, 0) is 0 Å². The normalized spacial score (nSPS) is 10.9. The third-order valence-corrected chi connectivity index (χ3v) is 2.13. The number of nitrogens with zero attached hydrogens (tertiary/aromatic N) is 4. The van der Waals surface area contributed by atoms with Crippen LogP contribution in [0, 0.1) is 0 Å². The second-order valence-corrected chi connectivity index (χ2v) is 2.94. The van der Waals surface area contributed by atoms with Gasteiger partial charge in [0.1, 0.15) is 18.2 Å². The zero-order chi connectivity index (χ0) is 9.38. The fraction of sp³-hybridized carbons (Fsp3) is 0. The second kappa shape index (κ2) is 2.66. The molecule has 0 amide bonds. The van der Waals surface area contributed by atoms with Crippen LogP contribution >= 0.6 is 0 Å². The minimum atomic E-state index is 0.923. The Labute approximate surface area is 79.4 Å². The van der Waals surface area contributed by atoms with Gasteiger partial charge in [-0.1, -0.05) is 6.07 Å². The average Bonchev–Trinajstić information content (AvgIpc) is 2.88. The predicted octanol–water partition coefficient (Wildman–Crippen LogP) is 1.14. The molecular weight excluding hydrogens is 178 g/mol. The Balaban J connectivity index is 2.36. The third-order valence-electron chi connectivity index (χ3n) is 2.13. The quantitative estimate of drug-likeness (QED) is 0.618. The summed E-state index contributed by atoms with van der Waals surface area (Å²) in [6.07, 6.45) is 4.99. The molecule has 0 saturated carbocycles. The molecule has 0 fully saturated rings. The van der Waals surface area contributed by atoms with Crippen molar-refractivity contribution in [1.29, 1.82) is 0 Å². The highest BCUT2D eigenvalue weighted by atomic mass is 15.2. The van der Waals surface area contributed by atoms with Crippen LogP contribution < -0.4 is 0 Å². The van der Waals surface area contributed by atoms with Crippen LogP contribution in [-0.4, -0.2) is 24.7 Å². The summed E-state index contributed by atoms with van der Waals surface area (Å²) in [7, 11) is 0. The summed E-state index contributed by atoms with van der Waals surface area (Å²) in [5, 5.41) is 7.53. The van der Waals surface area contributed by atoms with E-state index in [1.165, 1.54) is 0 Å². The van der Waals surface area contributed by atoms with Crippen LogP contribution in [0.1, 0.15) is 0 Å². The Bertz CT molecular complexity index is 551. The van der Waals surface area contributed by atoms with Gasteiger partial charge in [-0.05, 0) is 12.1 Å². The molecular formula is C9H7N5. The molecule has 0 spiro atoms. The topological polar surface area (TPSA) is 59.4 Å². The van der Waals surface area contributed by atoms with Crippen LogP contribution in [0.15, 0.2) is 37.2 Å². The third kappa shape index (κ3) is 0.922. The van der Waals surface area contributed by atoms with Gasteiger partial charge in [-0.3, -0.25) is 4.57 Å². The lowest BCUT2D eigenvalue weighted by Gasteiger charge is -2.00. The number of aromatic amines is 1. The zero-order valence-corrected chi connectivity index (χ0v) is 7.25. The molecule has 0 unspecified atom stereocenters. The van der Waals surface area contributed by atoms with Crippen molar-refractivity contribution in [3.05, 3.63) is 37.2 Å². The van der Waals surface area contributed by atoms with Crippen molar-refractivity contribution < 1.29 is 0 Å². The summed E-state index contributed by atoms with van der Waals surface area (Å²) in [6, 6.07) is 5.93. The Morgan fingerprint density at radius 1 is 1.14 bits per heavy atom. The Morgan fingerprint density at radius 2 is 2.00 bits per heavy atom. The first-order valence-corrected chi connectivity index (χ1v) is 4.22. The summed E-state index contributed by atoms with van der Waals surface area (Å²) in [5.74, 6) is 0. The molecule has 0 bridgehead atoms. The molecule has 0 aliphatic heterocycles. The lowest BCUT2D eigenvalue weighted by molar-refractivity contribution is 1.06. The summed E-state index contributed by atoms with van der Waals surface area (Å²) >= 11 is 0. The van der Waals surface area contributed by atoms with Crippen LogP contribution in [0.2, 0.25) is 0 Å². The summed E-state index contributed by atoms with van der Waals surface area (Å²) < 4.78 is 1.84. The largest absolute Gasteiger partial charge is 0.345 e. The molecule has 1 aromatic carbocycles. The number of aromatic nitrogens is 5. The Kier molecular flexibility index (Phi) is 1.38. The number of rotatable bonds is 1. The van der Waals surface area contributed by atoms with E-state index in [0.717, 1.165) is 16.7 Å². The molecule has 0 atom stereocenters. The van der Waals surface area contributed by atoms with E-state index in [2.05, 4.69) is 20.2 Å². The van der Waals surface area contributed by atoms with Gasteiger partial charge >= 0.3 is 0 Å². The molecule has 0 radical (unpaired) electrons. The van der Waals surface area contributed by atoms with Gasteiger partial charge in [0.25, 0.3) is 0 Å². The van der Waals surface area contributed by atoms with Gasteiger partial charge in [0.15, 0.2) is 0 Å². The maximum Gasteiger partial charge on any atom is 0.123 e. The molecule has 14 heavy (non-hydrogen) atoms. The molecule has 0 aliphatic carbocycles. The molecule has 5 nitrogen and oxygen atoms in total. The monoisotopic (exact) mass is 185 g/mol. The van der Waals surface area contributed by atoms with Crippen molar-refractivity contribution >= 4 is 11.0 Å². The van der Waals surface area contributed by atoms with E-state index in [9.17, 15) is 0 Å². The van der Waals surface area contributed by atoms with Crippen molar-refractivity contribution in [2.24, 2.45) is 0 Å². The van der Waals surface area contributed by atoms with Crippen LogP contribution in [0.4, 0.5) is 0 Å². The molecule has 3 rings (SSSR count). The number of hydrogen-bond acceptors (Lipinski definition) is 3. The van der Waals surface area contributed by atoms with E-state index in [0.29, 0.717) is 0 Å². The number of para-hydroxylation sites is 1. The fourth-order valence-electron chi connectivity index (χ4n) is 1.48. The molecule has 1 N–H and O–H groups in total. The molecule has 3 aromatic rings. The second-order valence-electron chi connectivity index (χ2n) is 2.94. The van der Waals surface area contributed by atoms with Gasteiger partial charge in [-0.25, -0.2) is 4.98 Å². The fourth-order valence-corrected chi connectivity index (χ4v) is 1.48. The lowest BCUT2D eigenvalue weighted by Crippen LogP contribution is -1.90. The van der Waals surface area contributed by atoms with Crippen molar-refractivity contribution in [3.63, 3.8) is 0 Å².